The van der Waals surface area contributed by atoms with Gasteiger partial charge in [0, 0.05) is 17.0 Å². The molecule has 2 rings (SSSR count). The number of hydrogen-bond donors (Lipinski definition) is 2. The van der Waals surface area contributed by atoms with Gasteiger partial charge < -0.3 is 11.1 Å². The van der Waals surface area contributed by atoms with Gasteiger partial charge >= 0.3 is 0 Å². The smallest absolute Gasteiger partial charge is 0.221 e. The van der Waals surface area contributed by atoms with Crippen LogP contribution in [-0.2, 0) is 4.79 Å². The Morgan fingerprint density at radius 2 is 1.48 bits per heavy atom. The number of nitrogens with two attached hydrogens (primary N) is 1. The Hall–Kier alpha value is -1.85. The van der Waals surface area contributed by atoms with E-state index in [-0.39, 0.29) is 17.3 Å². The standard InChI is InChI=1S/C8H7ClFNO.C6H5ClFN.C2H6/c1-5(12)11-8-3-2-6(9)4-7(8)10;7-4-1-2-6(9)5(8)3-4;1-2/h2-4H,1H3,(H,11,12);1-3H,9H2;1-2H3. The summed E-state index contributed by atoms with van der Waals surface area (Å²) < 4.78 is 25.3. The number of carbonyl (C=O) groups excluding carboxylic acids is 1. The minimum Gasteiger partial charge on any atom is -0.396 e. The van der Waals surface area contributed by atoms with E-state index >= 15 is 0 Å². The topological polar surface area (TPSA) is 55.1 Å². The highest BCUT2D eigenvalue weighted by molar-refractivity contribution is 6.30. The van der Waals surface area contributed by atoms with Crippen LogP contribution in [0.4, 0.5) is 20.2 Å². The average Bonchev–Trinajstić information content (AvgIpc) is 2.49. The number of rotatable bonds is 1. The Kier molecular flexibility index (Phi) is 9.94. The number of anilines is 2. The lowest BCUT2D eigenvalue weighted by molar-refractivity contribution is -0.114. The number of amides is 1. The van der Waals surface area contributed by atoms with Gasteiger partial charge in [-0.2, -0.15) is 0 Å². The summed E-state index contributed by atoms with van der Waals surface area (Å²) in [5.74, 6) is -1.31. The Bertz CT molecular complexity index is 652. The Morgan fingerprint density at radius 3 is 1.87 bits per heavy atom. The maximum atomic E-state index is 12.9. The second kappa shape index (κ2) is 10.8. The largest absolute Gasteiger partial charge is 0.396 e. The molecule has 23 heavy (non-hydrogen) atoms. The molecule has 0 fully saturated rings. The molecule has 3 nitrogen and oxygen atoms in total. The van der Waals surface area contributed by atoms with Crippen LogP contribution in [-0.4, -0.2) is 5.91 Å². The lowest BCUT2D eigenvalue weighted by Crippen LogP contribution is -2.07. The van der Waals surface area contributed by atoms with Crippen LogP contribution in [0.25, 0.3) is 0 Å². The van der Waals surface area contributed by atoms with Crippen LogP contribution in [0, 0.1) is 11.6 Å². The maximum Gasteiger partial charge on any atom is 0.221 e. The first-order valence-electron chi connectivity index (χ1n) is 6.72. The predicted molar refractivity (Wildman–Crippen MR) is 92.9 cm³/mol. The number of benzene rings is 2. The van der Waals surface area contributed by atoms with Gasteiger partial charge in [-0.3, -0.25) is 4.79 Å². The highest BCUT2D eigenvalue weighted by atomic mass is 35.5. The molecule has 0 radical (unpaired) electrons. The molecule has 0 saturated carbocycles. The fraction of sp³-hybridized carbons (Fsp3) is 0.188. The van der Waals surface area contributed by atoms with Gasteiger partial charge in [0.1, 0.15) is 11.6 Å². The maximum absolute atomic E-state index is 12.9. The lowest BCUT2D eigenvalue weighted by Gasteiger charge is -2.02. The van der Waals surface area contributed by atoms with E-state index in [0.717, 1.165) is 6.07 Å². The van der Waals surface area contributed by atoms with Crippen LogP contribution in [0.2, 0.25) is 10.0 Å². The zero-order valence-corrected chi connectivity index (χ0v) is 14.5. The molecule has 0 saturated heterocycles. The quantitative estimate of drug-likeness (QED) is 0.655. The molecule has 7 heteroatoms. The van der Waals surface area contributed by atoms with E-state index in [2.05, 4.69) is 5.32 Å². The SMILES string of the molecule is CC.CC(=O)Nc1ccc(Cl)cc1F.Nc1ccc(Cl)cc1F. The van der Waals surface area contributed by atoms with Gasteiger partial charge in [0.15, 0.2) is 0 Å². The normalized spacial score (nSPS) is 9.00. The van der Waals surface area contributed by atoms with Crippen molar-refractivity contribution in [1.29, 1.82) is 0 Å². The van der Waals surface area contributed by atoms with Crippen LogP contribution in [0.3, 0.4) is 0 Å². The second-order valence-corrected chi connectivity index (χ2v) is 4.84. The molecule has 1 amide bonds. The number of nitrogens with one attached hydrogen (secondary N) is 1. The van der Waals surface area contributed by atoms with Crippen molar-refractivity contribution in [3.05, 3.63) is 58.1 Å². The minimum absolute atomic E-state index is 0.124. The molecule has 0 aliphatic rings. The van der Waals surface area contributed by atoms with Crippen LogP contribution >= 0.6 is 23.2 Å². The number of hydrogen-bond acceptors (Lipinski definition) is 2. The number of carbonyl (C=O) groups is 1. The summed E-state index contributed by atoms with van der Waals surface area (Å²) in [6.07, 6.45) is 0. The highest BCUT2D eigenvalue weighted by Gasteiger charge is 2.03. The van der Waals surface area contributed by atoms with Crippen molar-refractivity contribution in [2.75, 3.05) is 11.1 Å². The molecular formula is C16H18Cl2F2N2O. The average molecular weight is 363 g/mol. The van der Waals surface area contributed by atoms with Gasteiger partial charge in [0.05, 0.1) is 11.4 Å². The molecule has 3 N–H and O–H groups in total. The van der Waals surface area contributed by atoms with Gasteiger partial charge in [-0.1, -0.05) is 37.0 Å². The number of nitrogen functional groups attached to an aromatic ring is 1. The molecular weight excluding hydrogens is 345 g/mol. The first kappa shape index (κ1) is 21.1. The van der Waals surface area contributed by atoms with Crippen LogP contribution in [0.5, 0.6) is 0 Å². The van der Waals surface area contributed by atoms with Crippen molar-refractivity contribution in [3.8, 4) is 0 Å². The van der Waals surface area contributed by atoms with Crippen molar-refractivity contribution < 1.29 is 13.6 Å². The summed E-state index contributed by atoms with van der Waals surface area (Å²) in [5.41, 5.74) is 5.42. The number of halogens is 4. The fourth-order valence-corrected chi connectivity index (χ4v) is 1.60. The van der Waals surface area contributed by atoms with Gasteiger partial charge in [0.2, 0.25) is 5.91 Å². The summed E-state index contributed by atoms with van der Waals surface area (Å²) in [4.78, 5) is 10.5. The predicted octanol–water partition coefficient (Wildman–Crippen LogP) is 5.53. The fourth-order valence-electron chi connectivity index (χ4n) is 1.28. The van der Waals surface area contributed by atoms with Crippen molar-refractivity contribution in [3.63, 3.8) is 0 Å². The van der Waals surface area contributed by atoms with E-state index < -0.39 is 11.6 Å². The molecule has 2 aromatic rings. The van der Waals surface area contributed by atoms with Gasteiger partial charge in [0.25, 0.3) is 0 Å². The van der Waals surface area contributed by atoms with Crippen LogP contribution < -0.4 is 11.1 Å². The van der Waals surface area contributed by atoms with E-state index in [0.29, 0.717) is 10.0 Å². The van der Waals surface area contributed by atoms with E-state index in [9.17, 15) is 13.6 Å². The van der Waals surface area contributed by atoms with Crippen molar-refractivity contribution >= 4 is 40.5 Å². The lowest BCUT2D eigenvalue weighted by atomic mass is 10.3. The van der Waals surface area contributed by atoms with Crippen molar-refractivity contribution in [2.45, 2.75) is 20.8 Å². The molecule has 0 aromatic heterocycles. The van der Waals surface area contributed by atoms with Crippen molar-refractivity contribution in [1.82, 2.24) is 0 Å². The molecule has 126 valence electrons. The third-order valence-corrected chi connectivity index (χ3v) is 2.67. The molecule has 0 atom stereocenters. The first-order chi connectivity index (χ1) is 10.8. The Morgan fingerprint density at radius 1 is 1.00 bits per heavy atom. The third kappa shape index (κ3) is 8.38. The van der Waals surface area contributed by atoms with E-state index in [1.807, 2.05) is 13.8 Å². The molecule has 0 aliphatic carbocycles. The molecule has 0 spiro atoms. The Labute approximate surface area is 144 Å². The summed E-state index contributed by atoms with van der Waals surface area (Å²) >= 11 is 10.9. The van der Waals surface area contributed by atoms with E-state index in [4.69, 9.17) is 28.9 Å². The Balaban J connectivity index is 0.000000392. The summed E-state index contributed by atoms with van der Waals surface area (Å²) in [6, 6.07) is 8.22. The summed E-state index contributed by atoms with van der Waals surface area (Å²) in [6.45, 7) is 5.31. The zero-order chi connectivity index (χ0) is 18.0. The third-order valence-electron chi connectivity index (χ3n) is 2.20. The van der Waals surface area contributed by atoms with Gasteiger partial charge in [-0.05, 0) is 36.4 Å². The second-order valence-electron chi connectivity index (χ2n) is 3.97. The van der Waals surface area contributed by atoms with Gasteiger partial charge in [-0.25, -0.2) is 8.78 Å². The summed E-state index contributed by atoms with van der Waals surface area (Å²) in [5, 5.41) is 3.00. The highest BCUT2D eigenvalue weighted by Crippen LogP contribution is 2.18. The molecule has 2 aromatic carbocycles. The van der Waals surface area contributed by atoms with Gasteiger partial charge in [-0.15, -0.1) is 0 Å². The van der Waals surface area contributed by atoms with Crippen molar-refractivity contribution in [2.24, 2.45) is 0 Å². The first-order valence-corrected chi connectivity index (χ1v) is 7.48. The minimum atomic E-state index is -0.530. The molecule has 0 heterocycles. The van der Waals surface area contributed by atoms with E-state index in [1.165, 1.54) is 31.2 Å². The molecule has 0 unspecified atom stereocenters. The molecule has 0 aliphatic heterocycles. The summed E-state index contributed by atoms with van der Waals surface area (Å²) in [7, 11) is 0. The van der Waals surface area contributed by atoms with Crippen LogP contribution in [0.1, 0.15) is 20.8 Å². The van der Waals surface area contributed by atoms with Crippen LogP contribution in [0.15, 0.2) is 36.4 Å². The molecule has 0 bridgehead atoms. The van der Waals surface area contributed by atoms with E-state index in [1.54, 1.807) is 6.07 Å². The zero-order valence-electron chi connectivity index (χ0n) is 13.0. The monoisotopic (exact) mass is 362 g/mol.